The molecule has 0 spiro atoms. The Morgan fingerprint density at radius 1 is 1.08 bits per heavy atom. The Morgan fingerprint density at radius 2 is 1.81 bits per heavy atom. The Bertz CT molecular complexity index is 853. The molecule has 1 N–H and O–H groups in total. The van der Waals surface area contributed by atoms with Crippen LogP contribution in [0, 0.1) is 5.92 Å². The second kappa shape index (κ2) is 6.88. The van der Waals surface area contributed by atoms with Gasteiger partial charge in [0.25, 0.3) is 0 Å². The standard InChI is InChI=1S/C19H17ClN2O4/c20-13-1-3-14(4-2-13)21-19(24)12-9-18(23)22(11-12)15-5-6-16-17(10-15)26-8-7-25-16/h1-6,10,12H,7-9,11H2,(H,21,24)/t12-/m0/s1. The third kappa shape index (κ3) is 3.32. The summed E-state index contributed by atoms with van der Waals surface area (Å²) in [6.45, 7) is 1.33. The van der Waals surface area contributed by atoms with Gasteiger partial charge in [-0.3, -0.25) is 9.59 Å². The fourth-order valence-electron chi connectivity index (χ4n) is 3.11. The number of hydrogen-bond donors (Lipinski definition) is 1. The van der Waals surface area contributed by atoms with Gasteiger partial charge in [-0.05, 0) is 36.4 Å². The quantitative estimate of drug-likeness (QED) is 0.899. The molecule has 6 nitrogen and oxygen atoms in total. The first kappa shape index (κ1) is 16.7. The first-order chi connectivity index (χ1) is 12.6. The maximum Gasteiger partial charge on any atom is 0.229 e. The van der Waals surface area contributed by atoms with Gasteiger partial charge in [0.2, 0.25) is 11.8 Å². The van der Waals surface area contributed by atoms with Gasteiger partial charge in [0, 0.05) is 35.4 Å². The van der Waals surface area contributed by atoms with Gasteiger partial charge in [0.1, 0.15) is 13.2 Å². The largest absolute Gasteiger partial charge is 0.486 e. The minimum atomic E-state index is -0.411. The molecule has 0 aliphatic carbocycles. The number of amides is 2. The minimum absolute atomic E-state index is 0.0852. The molecule has 2 heterocycles. The monoisotopic (exact) mass is 372 g/mol. The molecule has 0 radical (unpaired) electrons. The highest BCUT2D eigenvalue weighted by Gasteiger charge is 2.35. The number of fused-ring (bicyclic) bond motifs is 1. The van der Waals surface area contributed by atoms with Crippen molar-refractivity contribution >= 4 is 34.8 Å². The van der Waals surface area contributed by atoms with E-state index in [0.717, 1.165) is 0 Å². The van der Waals surface area contributed by atoms with Gasteiger partial charge in [0.05, 0.1) is 5.92 Å². The van der Waals surface area contributed by atoms with E-state index < -0.39 is 5.92 Å². The van der Waals surface area contributed by atoms with Crippen molar-refractivity contribution in [2.24, 2.45) is 5.92 Å². The number of benzene rings is 2. The molecule has 4 rings (SSSR count). The van der Waals surface area contributed by atoms with Gasteiger partial charge in [-0.1, -0.05) is 11.6 Å². The zero-order valence-corrected chi connectivity index (χ0v) is 14.7. The van der Waals surface area contributed by atoms with Crippen molar-refractivity contribution in [2.45, 2.75) is 6.42 Å². The van der Waals surface area contributed by atoms with E-state index in [-0.39, 0.29) is 18.2 Å². The molecule has 0 unspecified atom stereocenters. The summed E-state index contributed by atoms with van der Waals surface area (Å²) in [7, 11) is 0. The molecule has 2 aliphatic rings. The Labute approximate surface area is 155 Å². The summed E-state index contributed by atoms with van der Waals surface area (Å²) in [5, 5.41) is 3.43. The molecule has 1 saturated heterocycles. The number of carbonyl (C=O) groups is 2. The second-order valence-corrected chi connectivity index (χ2v) is 6.67. The number of anilines is 2. The van der Waals surface area contributed by atoms with Gasteiger partial charge in [-0.25, -0.2) is 0 Å². The van der Waals surface area contributed by atoms with E-state index in [1.165, 1.54) is 0 Å². The smallest absolute Gasteiger partial charge is 0.229 e. The Balaban J connectivity index is 1.46. The first-order valence-corrected chi connectivity index (χ1v) is 8.74. The lowest BCUT2D eigenvalue weighted by Gasteiger charge is -2.22. The molecular weight excluding hydrogens is 356 g/mol. The van der Waals surface area contributed by atoms with Gasteiger partial charge in [0.15, 0.2) is 11.5 Å². The molecule has 1 fully saturated rings. The highest BCUT2D eigenvalue weighted by atomic mass is 35.5. The molecule has 2 aromatic carbocycles. The predicted molar refractivity (Wildman–Crippen MR) is 98.0 cm³/mol. The van der Waals surface area contributed by atoms with Gasteiger partial charge >= 0.3 is 0 Å². The zero-order valence-electron chi connectivity index (χ0n) is 13.9. The maximum atomic E-state index is 12.5. The van der Waals surface area contributed by atoms with Crippen molar-refractivity contribution in [1.82, 2.24) is 0 Å². The number of hydrogen-bond acceptors (Lipinski definition) is 4. The lowest BCUT2D eigenvalue weighted by atomic mass is 10.1. The molecule has 1 atom stereocenters. The van der Waals surface area contributed by atoms with E-state index in [0.29, 0.717) is 47.7 Å². The van der Waals surface area contributed by atoms with Crippen LogP contribution in [0.5, 0.6) is 11.5 Å². The maximum absolute atomic E-state index is 12.5. The fraction of sp³-hybridized carbons (Fsp3) is 0.263. The van der Waals surface area contributed by atoms with Crippen LogP contribution in [0.2, 0.25) is 5.02 Å². The number of rotatable bonds is 3. The average molecular weight is 373 g/mol. The molecule has 0 aromatic heterocycles. The van der Waals surface area contributed by atoms with Gasteiger partial charge in [-0.15, -0.1) is 0 Å². The van der Waals surface area contributed by atoms with E-state index in [1.54, 1.807) is 41.3 Å². The lowest BCUT2D eigenvalue weighted by Crippen LogP contribution is -2.28. The Hall–Kier alpha value is -2.73. The van der Waals surface area contributed by atoms with Crippen molar-refractivity contribution in [1.29, 1.82) is 0 Å². The zero-order chi connectivity index (χ0) is 18.1. The molecule has 26 heavy (non-hydrogen) atoms. The molecular formula is C19H17ClN2O4. The van der Waals surface area contributed by atoms with E-state index in [4.69, 9.17) is 21.1 Å². The van der Waals surface area contributed by atoms with Crippen LogP contribution >= 0.6 is 11.6 Å². The van der Waals surface area contributed by atoms with Crippen LogP contribution < -0.4 is 19.7 Å². The summed E-state index contributed by atoms with van der Waals surface area (Å²) >= 11 is 5.85. The van der Waals surface area contributed by atoms with E-state index in [2.05, 4.69) is 5.32 Å². The Morgan fingerprint density at radius 3 is 2.58 bits per heavy atom. The normalized spacial score (nSPS) is 18.7. The van der Waals surface area contributed by atoms with Crippen molar-refractivity contribution in [2.75, 3.05) is 30.0 Å². The summed E-state index contributed by atoms with van der Waals surface area (Å²) in [6.07, 6.45) is 0.174. The van der Waals surface area contributed by atoms with Gasteiger partial charge < -0.3 is 19.7 Å². The van der Waals surface area contributed by atoms with E-state index >= 15 is 0 Å². The van der Waals surface area contributed by atoms with Crippen LogP contribution in [0.4, 0.5) is 11.4 Å². The van der Waals surface area contributed by atoms with Crippen molar-refractivity contribution < 1.29 is 19.1 Å². The summed E-state index contributed by atoms with van der Waals surface area (Å²) in [5.74, 6) is 0.615. The van der Waals surface area contributed by atoms with Crippen LogP contribution in [0.3, 0.4) is 0 Å². The van der Waals surface area contributed by atoms with Crippen LogP contribution in [0.25, 0.3) is 0 Å². The van der Waals surface area contributed by atoms with Crippen molar-refractivity contribution in [3.05, 3.63) is 47.5 Å². The highest BCUT2D eigenvalue weighted by molar-refractivity contribution is 6.30. The van der Waals surface area contributed by atoms with E-state index in [9.17, 15) is 9.59 Å². The Kier molecular flexibility index (Phi) is 4.42. The van der Waals surface area contributed by atoms with Crippen molar-refractivity contribution in [3.8, 4) is 11.5 Å². The predicted octanol–water partition coefficient (Wildman–Crippen LogP) is 3.10. The molecule has 134 valence electrons. The molecule has 2 aliphatic heterocycles. The topological polar surface area (TPSA) is 67.9 Å². The molecule has 0 bridgehead atoms. The minimum Gasteiger partial charge on any atom is -0.486 e. The van der Waals surface area contributed by atoms with E-state index in [1.807, 2.05) is 6.07 Å². The number of nitrogens with one attached hydrogen (secondary N) is 1. The van der Waals surface area contributed by atoms with Crippen LogP contribution in [0.1, 0.15) is 6.42 Å². The molecule has 0 saturated carbocycles. The SMILES string of the molecule is O=C(Nc1ccc(Cl)cc1)[C@H]1CC(=O)N(c2ccc3c(c2)OCCO3)C1. The number of nitrogens with zero attached hydrogens (tertiary/aromatic N) is 1. The molecule has 2 amide bonds. The molecule has 7 heteroatoms. The fourth-order valence-corrected chi connectivity index (χ4v) is 3.24. The average Bonchev–Trinajstić information content (AvgIpc) is 3.05. The number of carbonyl (C=O) groups excluding carboxylic acids is 2. The third-order valence-electron chi connectivity index (χ3n) is 4.45. The number of ether oxygens (including phenoxy) is 2. The van der Waals surface area contributed by atoms with Crippen LogP contribution in [-0.4, -0.2) is 31.6 Å². The van der Waals surface area contributed by atoms with Crippen molar-refractivity contribution in [3.63, 3.8) is 0 Å². The van der Waals surface area contributed by atoms with Crippen LogP contribution in [-0.2, 0) is 9.59 Å². The lowest BCUT2D eigenvalue weighted by molar-refractivity contribution is -0.122. The third-order valence-corrected chi connectivity index (χ3v) is 4.70. The summed E-state index contributed by atoms with van der Waals surface area (Å²) in [6, 6.07) is 12.3. The second-order valence-electron chi connectivity index (χ2n) is 6.23. The highest BCUT2D eigenvalue weighted by Crippen LogP contribution is 2.36. The first-order valence-electron chi connectivity index (χ1n) is 8.36. The summed E-state index contributed by atoms with van der Waals surface area (Å²) < 4.78 is 11.1. The summed E-state index contributed by atoms with van der Waals surface area (Å²) in [5.41, 5.74) is 1.37. The number of halogens is 1. The van der Waals surface area contributed by atoms with Crippen LogP contribution in [0.15, 0.2) is 42.5 Å². The summed E-state index contributed by atoms with van der Waals surface area (Å²) in [4.78, 5) is 26.5. The van der Waals surface area contributed by atoms with Gasteiger partial charge in [-0.2, -0.15) is 0 Å². The molecule has 2 aromatic rings.